The molecule has 2 amide bonds. The Morgan fingerprint density at radius 2 is 1.79 bits per heavy atom. The summed E-state index contributed by atoms with van der Waals surface area (Å²) in [5.41, 5.74) is 0.395. The van der Waals surface area contributed by atoms with Gasteiger partial charge < -0.3 is 20.4 Å². The third-order valence-electron chi connectivity index (χ3n) is 6.38. The molecular weight excluding hydrogens is 380 g/mol. The van der Waals surface area contributed by atoms with Crippen LogP contribution < -0.4 is 5.32 Å². The second-order valence-corrected chi connectivity index (χ2v) is 8.99. The lowest BCUT2D eigenvalue weighted by Crippen LogP contribution is -2.57. The summed E-state index contributed by atoms with van der Waals surface area (Å²) >= 11 is 6.04. The van der Waals surface area contributed by atoms with Crippen molar-refractivity contribution in [2.24, 2.45) is 11.3 Å². The lowest BCUT2D eigenvalue weighted by molar-refractivity contribution is -0.152. The number of aliphatic hydroxyl groups excluding tert-OH is 1. The quantitative estimate of drug-likeness (QED) is 0.709. The first kappa shape index (κ1) is 20.9. The molecule has 0 spiro atoms. The van der Waals surface area contributed by atoms with E-state index in [1.165, 1.54) is 0 Å². The molecule has 3 N–H and O–H groups in total. The van der Waals surface area contributed by atoms with Gasteiger partial charge in [-0.1, -0.05) is 50.4 Å². The van der Waals surface area contributed by atoms with Gasteiger partial charge in [0.1, 0.15) is 0 Å². The van der Waals surface area contributed by atoms with Crippen molar-refractivity contribution >= 4 is 23.6 Å². The monoisotopic (exact) mass is 408 g/mol. The van der Waals surface area contributed by atoms with Gasteiger partial charge in [0.15, 0.2) is 0 Å². The fourth-order valence-corrected chi connectivity index (χ4v) is 4.94. The number of nitrogens with one attached hydrogen (secondary N) is 1. The average molecular weight is 409 g/mol. The number of amides is 2. The van der Waals surface area contributed by atoms with E-state index >= 15 is 0 Å². The van der Waals surface area contributed by atoms with Crippen LogP contribution in [0.3, 0.4) is 0 Å². The standard InChI is InChI=1S/C21H29ClN2O4/c1-21(2)17(25)11-12-24(18(21)13-7-9-14(22)10-8-13)19(26)15-5-3-4-6-16(15)23-20(27)28/h7-10,15-18,23,25H,3-6,11-12H2,1-2H3,(H,27,28). The zero-order valence-corrected chi connectivity index (χ0v) is 17.2. The maximum atomic E-state index is 13.6. The minimum absolute atomic E-state index is 0.0293. The average Bonchev–Trinajstić information content (AvgIpc) is 2.64. The van der Waals surface area contributed by atoms with Crippen LogP contribution in [-0.4, -0.2) is 45.8 Å². The predicted molar refractivity (Wildman–Crippen MR) is 107 cm³/mol. The van der Waals surface area contributed by atoms with Crippen LogP contribution in [0.15, 0.2) is 24.3 Å². The van der Waals surface area contributed by atoms with E-state index in [1.807, 2.05) is 30.9 Å². The van der Waals surface area contributed by atoms with Crippen molar-refractivity contribution in [3.8, 4) is 0 Å². The van der Waals surface area contributed by atoms with Crippen molar-refractivity contribution in [2.75, 3.05) is 6.54 Å². The van der Waals surface area contributed by atoms with Gasteiger partial charge in [-0.05, 0) is 37.0 Å². The Balaban J connectivity index is 1.93. The van der Waals surface area contributed by atoms with Gasteiger partial charge in [-0.2, -0.15) is 0 Å². The predicted octanol–water partition coefficient (Wildman–Crippen LogP) is 3.83. The first-order valence-electron chi connectivity index (χ1n) is 9.95. The third kappa shape index (κ3) is 4.13. The molecule has 0 aromatic heterocycles. The lowest BCUT2D eigenvalue weighted by Gasteiger charge is -2.51. The Morgan fingerprint density at radius 1 is 1.14 bits per heavy atom. The molecule has 0 bridgehead atoms. The van der Waals surface area contributed by atoms with Gasteiger partial charge in [0.2, 0.25) is 5.91 Å². The Bertz CT molecular complexity index is 722. The van der Waals surface area contributed by atoms with Crippen LogP contribution in [0.25, 0.3) is 0 Å². The second kappa shape index (κ2) is 8.29. The smallest absolute Gasteiger partial charge is 0.404 e. The van der Waals surface area contributed by atoms with Crippen molar-refractivity contribution in [1.29, 1.82) is 0 Å². The molecule has 2 fully saturated rings. The summed E-state index contributed by atoms with van der Waals surface area (Å²) in [6.45, 7) is 4.40. The molecule has 1 aromatic carbocycles. The van der Waals surface area contributed by atoms with Crippen molar-refractivity contribution < 1.29 is 19.8 Å². The van der Waals surface area contributed by atoms with E-state index < -0.39 is 17.6 Å². The molecule has 4 atom stereocenters. The number of aliphatic hydroxyl groups is 1. The minimum atomic E-state index is -1.09. The molecule has 4 unspecified atom stereocenters. The summed E-state index contributed by atoms with van der Waals surface area (Å²) in [4.78, 5) is 26.6. The van der Waals surface area contributed by atoms with Gasteiger partial charge in [0.05, 0.1) is 18.1 Å². The first-order chi connectivity index (χ1) is 13.2. The fourth-order valence-electron chi connectivity index (χ4n) is 4.81. The van der Waals surface area contributed by atoms with Crippen molar-refractivity contribution in [3.05, 3.63) is 34.9 Å². The number of benzene rings is 1. The number of carbonyl (C=O) groups is 2. The number of rotatable bonds is 3. The maximum Gasteiger partial charge on any atom is 0.404 e. The van der Waals surface area contributed by atoms with E-state index in [0.717, 1.165) is 18.4 Å². The van der Waals surface area contributed by atoms with Gasteiger partial charge in [-0.25, -0.2) is 4.79 Å². The number of carboxylic acid groups (broad SMARTS) is 1. The lowest BCUT2D eigenvalue weighted by atomic mass is 9.70. The molecule has 1 saturated heterocycles. The first-order valence-corrected chi connectivity index (χ1v) is 10.3. The van der Waals surface area contributed by atoms with E-state index in [9.17, 15) is 14.7 Å². The molecule has 1 saturated carbocycles. The van der Waals surface area contributed by atoms with Crippen molar-refractivity contribution in [3.63, 3.8) is 0 Å². The summed E-state index contributed by atoms with van der Waals surface area (Å²) in [5.74, 6) is -0.399. The Hall–Kier alpha value is -1.79. The summed E-state index contributed by atoms with van der Waals surface area (Å²) in [6, 6.07) is 6.74. The van der Waals surface area contributed by atoms with Gasteiger partial charge in [0.25, 0.3) is 0 Å². The van der Waals surface area contributed by atoms with Crippen LogP contribution in [0.2, 0.25) is 5.02 Å². The Morgan fingerprint density at radius 3 is 2.43 bits per heavy atom. The zero-order chi connectivity index (χ0) is 20.5. The van der Waals surface area contributed by atoms with Crippen molar-refractivity contribution in [1.82, 2.24) is 10.2 Å². The number of nitrogens with zero attached hydrogens (tertiary/aromatic N) is 1. The van der Waals surface area contributed by atoms with E-state index in [2.05, 4.69) is 5.32 Å². The highest BCUT2D eigenvalue weighted by Crippen LogP contribution is 2.46. The molecule has 154 valence electrons. The van der Waals surface area contributed by atoms with Crippen LogP contribution in [0, 0.1) is 11.3 Å². The second-order valence-electron chi connectivity index (χ2n) is 8.56. The van der Waals surface area contributed by atoms with Crippen LogP contribution in [0.1, 0.15) is 57.6 Å². The van der Waals surface area contributed by atoms with Gasteiger partial charge in [0, 0.05) is 23.0 Å². The highest BCUT2D eigenvalue weighted by Gasteiger charge is 2.48. The maximum absolute atomic E-state index is 13.6. The van der Waals surface area contributed by atoms with Crippen molar-refractivity contribution in [2.45, 2.75) is 64.1 Å². The Labute approximate surface area is 170 Å². The molecule has 3 rings (SSSR count). The molecule has 1 aliphatic heterocycles. The van der Waals surface area contributed by atoms with E-state index in [1.54, 1.807) is 12.1 Å². The van der Waals surface area contributed by atoms with Crippen LogP contribution in [0.5, 0.6) is 0 Å². The molecule has 1 heterocycles. The van der Waals surface area contributed by atoms with Crippen LogP contribution >= 0.6 is 11.6 Å². The number of likely N-dealkylation sites (tertiary alicyclic amines) is 1. The van der Waals surface area contributed by atoms with Crippen LogP contribution in [-0.2, 0) is 4.79 Å². The van der Waals surface area contributed by atoms with E-state index in [0.29, 0.717) is 30.8 Å². The minimum Gasteiger partial charge on any atom is -0.465 e. The topological polar surface area (TPSA) is 89.9 Å². The zero-order valence-electron chi connectivity index (χ0n) is 16.4. The molecule has 1 aromatic rings. The molecular formula is C21H29ClN2O4. The number of piperidine rings is 1. The third-order valence-corrected chi connectivity index (χ3v) is 6.63. The molecule has 1 aliphatic carbocycles. The summed E-state index contributed by atoms with van der Waals surface area (Å²) < 4.78 is 0. The largest absolute Gasteiger partial charge is 0.465 e. The number of halogens is 1. The van der Waals surface area contributed by atoms with Gasteiger partial charge in [-0.15, -0.1) is 0 Å². The van der Waals surface area contributed by atoms with Gasteiger partial charge in [-0.3, -0.25) is 4.79 Å². The normalized spacial score (nSPS) is 29.9. The number of carbonyl (C=O) groups excluding carboxylic acids is 1. The summed E-state index contributed by atoms with van der Waals surface area (Å²) in [5, 5.41) is 23.0. The van der Waals surface area contributed by atoms with E-state index in [-0.39, 0.29) is 23.9 Å². The molecule has 28 heavy (non-hydrogen) atoms. The Kier molecular flexibility index (Phi) is 6.20. The van der Waals surface area contributed by atoms with E-state index in [4.69, 9.17) is 16.7 Å². The molecule has 2 aliphatic rings. The van der Waals surface area contributed by atoms with Crippen LogP contribution in [0.4, 0.5) is 4.79 Å². The highest BCUT2D eigenvalue weighted by molar-refractivity contribution is 6.30. The molecule has 0 radical (unpaired) electrons. The SMILES string of the molecule is CC1(C)C(O)CCN(C(=O)C2CCCCC2NC(=O)O)C1c1ccc(Cl)cc1. The highest BCUT2D eigenvalue weighted by atomic mass is 35.5. The molecule has 7 heteroatoms. The number of hydrogen-bond acceptors (Lipinski definition) is 3. The number of hydrogen-bond donors (Lipinski definition) is 3. The summed E-state index contributed by atoms with van der Waals surface area (Å²) in [7, 11) is 0. The van der Waals surface area contributed by atoms with Gasteiger partial charge >= 0.3 is 6.09 Å². The molecule has 6 nitrogen and oxygen atoms in total. The fraction of sp³-hybridized carbons (Fsp3) is 0.619. The summed E-state index contributed by atoms with van der Waals surface area (Å²) in [6.07, 6.45) is 2.07.